The number of carbonyl (C=O) groups is 1. The van der Waals surface area contributed by atoms with Crippen molar-refractivity contribution in [3.8, 4) is 11.5 Å². The smallest absolute Gasteiger partial charge is 0.257 e. The summed E-state index contributed by atoms with van der Waals surface area (Å²) in [6.45, 7) is 6.93. The SMILES string of the molecule is C[C@@H]1CN(C[C@H](O)CN2CCc3ccccc3C2)C(=O)c2ccc(O[C@@H]3CCN(C)C3)cc2O1. The Bertz CT molecular complexity index is 1030. The molecule has 0 saturated carbocycles. The summed E-state index contributed by atoms with van der Waals surface area (Å²) in [6, 6.07) is 14.0. The van der Waals surface area contributed by atoms with Crippen molar-refractivity contribution in [3.63, 3.8) is 0 Å². The molecule has 1 N–H and O–H groups in total. The predicted molar refractivity (Wildman–Crippen MR) is 130 cm³/mol. The molecule has 3 atom stereocenters. The number of likely N-dealkylation sites (tertiary alicyclic amines) is 1. The molecule has 2 aromatic rings. The maximum Gasteiger partial charge on any atom is 0.257 e. The molecule has 1 fully saturated rings. The van der Waals surface area contributed by atoms with Gasteiger partial charge in [0.2, 0.25) is 0 Å². The average Bonchev–Trinajstić information content (AvgIpc) is 3.17. The Morgan fingerprint density at radius 3 is 2.74 bits per heavy atom. The molecule has 0 unspecified atom stereocenters. The minimum absolute atomic E-state index is 0.102. The lowest BCUT2D eigenvalue weighted by molar-refractivity contribution is 0.0454. The first-order chi connectivity index (χ1) is 16.4. The van der Waals surface area contributed by atoms with Crippen molar-refractivity contribution in [1.82, 2.24) is 14.7 Å². The number of ether oxygens (including phenoxy) is 2. The fourth-order valence-electron chi connectivity index (χ4n) is 5.33. The summed E-state index contributed by atoms with van der Waals surface area (Å²) >= 11 is 0. The molecule has 1 amide bonds. The van der Waals surface area contributed by atoms with E-state index in [1.165, 1.54) is 11.1 Å². The summed E-state index contributed by atoms with van der Waals surface area (Å²) in [5, 5.41) is 10.9. The van der Waals surface area contributed by atoms with Crippen LogP contribution >= 0.6 is 0 Å². The Kier molecular flexibility index (Phi) is 6.77. The van der Waals surface area contributed by atoms with E-state index in [2.05, 4.69) is 41.1 Å². The van der Waals surface area contributed by atoms with Crippen molar-refractivity contribution in [3.05, 3.63) is 59.2 Å². The van der Waals surface area contributed by atoms with Gasteiger partial charge >= 0.3 is 0 Å². The zero-order chi connectivity index (χ0) is 23.7. The molecule has 182 valence electrons. The third kappa shape index (κ3) is 5.22. The van der Waals surface area contributed by atoms with E-state index < -0.39 is 6.10 Å². The molecule has 0 bridgehead atoms. The maximum absolute atomic E-state index is 13.3. The van der Waals surface area contributed by atoms with Crippen LogP contribution in [0.15, 0.2) is 42.5 Å². The minimum atomic E-state index is -0.620. The predicted octanol–water partition coefficient (Wildman–Crippen LogP) is 2.41. The van der Waals surface area contributed by atoms with Crippen LogP contribution in [0.5, 0.6) is 11.5 Å². The fraction of sp³-hybridized carbons (Fsp3) is 0.519. The molecule has 5 rings (SSSR count). The second-order valence-corrected chi connectivity index (χ2v) is 9.99. The van der Waals surface area contributed by atoms with Gasteiger partial charge in [0.1, 0.15) is 23.7 Å². The molecule has 34 heavy (non-hydrogen) atoms. The topological polar surface area (TPSA) is 65.5 Å². The van der Waals surface area contributed by atoms with E-state index in [4.69, 9.17) is 9.47 Å². The van der Waals surface area contributed by atoms with Gasteiger partial charge < -0.3 is 24.4 Å². The molecule has 3 aliphatic heterocycles. The quantitative estimate of drug-likeness (QED) is 0.707. The fourth-order valence-corrected chi connectivity index (χ4v) is 5.33. The standard InChI is InChI=1S/C27H35N3O4/c1-19-14-30(17-22(31)16-29-12-9-20-5-3-4-6-21(20)15-29)27(32)25-8-7-23(13-26(25)33-19)34-24-10-11-28(2)18-24/h3-8,13,19,22,24,31H,9-12,14-18H2,1-2H3/t19-,22-,24-/m1/s1. The number of fused-ring (bicyclic) bond motifs is 2. The first kappa shape index (κ1) is 23.1. The van der Waals surface area contributed by atoms with Crippen molar-refractivity contribution in [2.75, 3.05) is 46.3 Å². The highest BCUT2D eigenvalue weighted by Crippen LogP contribution is 2.31. The summed E-state index contributed by atoms with van der Waals surface area (Å²) < 4.78 is 12.2. The Morgan fingerprint density at radius 1 is 1.12 bits per heavy atom. The van der Waals surface area contributed by atoms with Crippen LogP contribution in [0.4, 0.5) is 0 Å². The normalized spacial score (nSPS) is 24.2. The van der Waals surface area contributed by atoms with Crippen LogP contribution in [0.2, 0.25) is 0 Å². The molecule has 0 radical (unpaired) electrons. The van der Waals surface area contributed by atoms with Gasteiger partial charge in [-0.2, -0.15) is 0 Å². The summed E-state index contributed by atoms with van der Waals surface area (Å²) in [5.74, 6) is 1.19. The lowest BCUT2D eigenvalue weighted by Crippen LogP contribution is -2.45. The highest BCUT2D eigenvalue weighted by molar-refractivity contribution is 5.97. The second kappa shape index (κ2) is 9.94. The number of rotatable bonds is 6. The Labute approximate surface area is 201 Å². The Morgan fingerprint density at radius 2 is 1.94 bits per heavy atom. The van der Waals surface area contributed by atoms with E-state index in [0.29, 0.717) is 24.4 Å². The van der Waals surface area contributed by atoms with Crippen LogP contribution < -0.4 is 9.47 Å². The molecule has 0 spiro atoms. The molecule has 7 heteroatoms. The summed E-state index contributed by atoms with van der Waals surface area (Å²) in [7, 11) is 2.09. The number of carbonyl (C=O) groups excluding carboxylic acids is 1. The van der Waals surface area contributed by atoms with Crippen molar-refractivity contribution in [2.45, 2.75) is 44.6 Å². The third-order valence-corrected chi connectivity index (χ3v) is 7.04. The zero-order valence-corrected chi connectivity index (χ0v) is 20.2. The number of β-amino-alcohol motifs (C(OH)–C–C–N with tert-alkyl or cyclic N) is 1. The van der Waals surface area contributed by atoms with E-state index >= 15 is 0 Å². The van der Waals surface area contributed by atoms with E-state index in [1.807, 2.05) is 19.1 Å². The molecule has 2 aromatic carbocycles. The van der Waals surface area contributed by atoms with Gasteiger partial charge in [-0.3, -0.25) is 9.69 Å². The van der Waals surface area contributed by atoms with Crippen LogP contribution in [0.1, 0.15) is 34.8 Å². The van der Waals surface area contributed by atoms with E-state index in [1.54, 1.807) is 11.0 Å². The number of amides is 1. The molecular formula is C27H35N3O4. The lowest BCUT2D eigenvalue weighted by Gasteiger charge is -2.32. The minimum Gasteiger partial charge on any atom is -0.489 e. The average molecular weight is 466 g/mol. The molecular weight excluding hydrogens is 430 g/mol. The Balaban J connectivity index is 1.23. The van der Waals surface area contributed by atoms with Crippen LogP contribution in [0.25, 0.3) is 0 Å². The number of aliphatic hydroxyl groups is 1. The highest BCUT2D eigenvalue weighted by Gasteiger charge is 2.30. The van der Waals surface area contributed by atoms with Crippen molar-refractivity contribution < 1.29 is 19.4 Å². The molecule has 7 nitrogen and oxygen atoms in total. The zero-order valence-electron chi connectivity index (χ0n) is 20.2. The van der Waals surface area contributed by atoms with Crippen LogP contribution in [0, 0.1) is 0 Å². The van der Waals surface area contributed by atoms with Crippen molar-refractivity contribution in [2.24, 2.45) is 0 Å². The number of hydrogen-bond donors (Lipinski definition) is 1. The number of likely N-dealkylation sites (N-methyl/N-ethyl adjacent to an activating group) is 1. The van der Waals surface area contributed by atoms with Crippen LogP contribution in [-0.2, 0) is 13.0 Å². The highest BCUT2D eigenvalue weighted by atomic mass is 16.5. The van der Waals surface area contributed by atoms with E-state index in [0.717, 1.165) is 44.8 Å². The first-order valence-corrected chi connectivity index (χ1v) is 12.4. The van der Waals surface area contributed by atoms with E-state index in [-0.39, 0.29) is 24.7 Å². The molecule has 3 aliphatic rings. The first-order valence-electron chi connectivity index (χ1n) is 12.4. The second-order valence-electron chi connectivity index (χ2n) is 9.99. The van der Waals surface area contributed by atoms with Crippen LogP contribution in [-0.4, -0.2) is 90.3 Å². The van der Waals surface area contributed by atoms with Crippen LogP contribution in [0.3, 0.4) is 0 Å². The molecule has 1 saturated heterocycles. The van der Waals surface area contributed by atoms with Crippen molar-refractivity contribution >= 4 is 5.91 Å². The molecule has 3 heterocycles. The van der Waals surface area contributed by atoms with E-state index in [9.17, 15) is 9.90 Å². The summed E-state index contributed by atoms with van der Waals surface area (Å²) in [4.78, 5) is 19.6. The van der Waals surface area contributed by atoms with Gasteiger partial charge in [-0.05, 0) is 50.1 Å². The number of aliphatic hydroxyl groups excluding tert-OH is 1. The Hall–Kier alpha value is -2.61. The monoisotopic (exact) mass is 465 g/mol. The molecule has 0 aliphatic carbocycles. The third-order valence-electron chi connectivity index (χ3n) is 7.04. The van der Waals surface area contributed by atoms with Gasteiger partial charge in [0.25, 0.3) is 5.91 Å². The van der Waals surface area contributed by atoms with Gasteiger partial charge in [-0.25, -0.2) is 0 Å². The molecule has 0 aromatic heterocycles. The summed E-state index contributed by atoms with van der Waals surface area (Å²) in [5.41, 5.74) is 3.24. The van der Waals surface area contributed by atoms with Crippen molar-refractivity contribution in [1.29, 1.82) is 0 Å². The number of benzene rings is 2. The van der Waals surface area contributed by atoms with Gasteiger partial charge in [0, 0.05) is 45.3 Å². The maximum atomic E-state index is 13.3. The van der Waals surface area contributed by atoms with Gasteiger partial charge in [-0.1, -0.05) is 24.3 Å². The van der Waals surface area contributed by atoms with Gasteiger partial charge in [-0.15, -0.1) is 0 Å². The largest absolute Gasteiger partial charge is 0.489 e. The number of hydrogen-bond acceptors (Lipinski definition) is 6. The summed E-state index contributed by atoms with van der Waals surface area (Å²) in [6.07, 6.45) is 1.36. The number of nitrogens with zero attached hydrogens (tertiary/aromatic N) is 3. The lowest BCUT2D eigenvalue weighted by atomic mass is 10.00. The van der Waals surface area contributed by atoms with Gasteiger partial charge in [0.15, 0.2) is 0 Å². The van der Waals surface area contributed by atoms with Gasteiger partial charge in [0.05, 0.1) is 18.2 Å².